The number of aromatic nitrogens is 3. The van der Waals surface area contributed by atoms with Crippen LogP contribution in [0.15, 0.2) is 47.6 Å². The van der Waals surface area contributed by atoms with Crippen molar-refractivity contribution >= 4 is 18.4 Å². The maximum Gasteiger partial charge on any atom is 0.216 e. The number of hydrogen-bond acceptors (Lipinski definition) is 5. The molecule has 152 valence electrons. The number of nitrogens with one attached hydrogen (secondary N) is 1. The van der Waals surface area contributed by atoms with Crippen LogP contribution in [0.5, 0.6) is 11.5 Å². The third-order valence-electron chi connectivity index (χ3n) is 4.50. The van der Waals surface area contributed by atoms with E-state index in [0.717, 1.165) is 28.9 Å². The van der Waals surface area contributed by atoms with E-state index in [1.165, 1.54) is 0 Å². The zero-order valence-electron chi connectivity index (χ0n) is 17.2. The molecule has 1 N–H and O–H groups in total. The molecule has 0 unspecified atom stereocenters. The molecule has 0 spiro atoms. The van der Waals surface area contributed by atoms with Crippen molar-refractivity contribution in [3.8, 4) is 22.9 Å². The van der Waals surface area contributed by atoms with Gasteiger partial charge in [-0.2, -0.15) is 14.9 Å². The van der Waals surface area contributed by atoms with Crippen LogP contribution in [0.4, 0.5) is 0 Å². The van der Waals surface area contributed by atoms with Crippen molar-refractivity contribution in [3.05, 3.63) is 58.4 Å². The molecular weight excluding hydrogens is 384 g/mol. The molecule has 0 aliphatic rings. The van der Waals surface area contributed by atoms with Gasteiger partial charge in [-0.3, -0.25) is 0 Å². The number of aromatic amines is 1. The second-order valence-corrected chi connectivity index (χ2v) is 7.55. The highest BCUT2D eigenvalue weighted by Crippen LogP contribution is 2.28. The topological polar surface area (TPSA) is 64.4 Å². The molecule has 0 saturated heterocycles. The predicted octanol–water partition coefficient (Wildman–Crippen LogP) is 5.23. The number of rotatable bonds is 8. The summed E-state index contributed by atoms with van der Waals surface area (Å²) in [5, 5.41) is 11.7. The average Bonchev–Trinajstić information content (AvgIpc) is 3.07. The third-order valence-corrected chi connectivity index (χ3v) is 4.76. The second kappa shape index (κ2) is 9.52. The molecule has 2 aromatic carbocycles. The molecule has 1 aromatic heterocycles. The lowest BCUT2D eigenvalue weighted by Crippen LogP contribution is -2.03. The Bertz CT molecular complexity index is 1050. The first-order valence-electron chi connectivity index (χ1n) is 9.58. The van der Waals surface area contributed by atoms with Gasteiger partial charge in [0.05, 0.1) is 19.9 Å². The molecule has 3 rings (SSSR count). The number of hydrogen-bond donors (Lipinski definition) is 1. The SMILES string of the molecule is COc1cc(/C=N\n2c(-c3ccccc3C)n[nH]c2=S)ccc1OCCC(C)C. The van der Waals surface area contributed by atoms with E-state index in [1.54, 1.807) is 18.0 Å². The zero-order chi connectivity index (χ0) is 20.8. The van der Waals surface area contributed by atoms with Crippen molar-refractivity contribution in [2.45, 2.75) is 27.2 Å². The molecule has 1 heterocycles. The lowest BCUT2D eigenvalue weighted by atomic mass is 10.1. The molecule has 0 saturated carbocycles. The Kier molecular flexibility index (Phi) is 6.82. The van der Waals surface area contributed by atoms with Gasteiger partial charge >= 0.3 is 0 Å². The number of benzene rings is 2. The van der Waals surface area contributed by atoms with Gasteiger partial charge in [-0.1, -0.05) is 38.1 Å². The fourth-order valence-electron chi connectivity index (χ4n) is 2.81. The first-order chi connectivity index (χ1) is 14.0. The molecule has 0 amide bonds. The Labute approximate surface area is 176 Å². The van der Waals surface area contributed by atoms with Gasteiger partial charge in [0.2, 0.25) is 4.77 Å². The average molecular weight is 411 g/mol. The highest BCUT2D eigenvalue weighted by Gasteiger charge is 2.10. The van der Waals surface area contributed by atoms with Crippen LogP contribution in [-0.2, 0) is 0 Å². The maximum atomic E-state index is 5.85. The van der Waals surface area contributed by atoms with Gasteiger partial charge in [0.1, 0.15) is 0 Å². The van der Waals surface area contributed by atoms with Gasteiger partial charge < -0.3 is 9.47 Å². The Morgan fingerprint density at radius 2 is 2.00 bits per heavy atom. The van der Waals surface area contributed by atoms with Crippen LogP contribution < -0.4 is 9.47 Å². The number of aryl methyl sites for hydroxylation is 1. The summed E-state index contributed by atoms with van der Waals surface area (Å²) < 4.78 is 13.4. The predicted molar refractivity (Wildman–Crippen MR) is 119 cm³/mol. The van der Waals surface area contributed by atoms with Crippen molar-refractivity contribution in [2.24, 2.45) is 11.0 Å². The summed E-state index contributed by atoms with van der Waals surface area (Å²) in [6.07, 6.45) is 2.72. The van der Waals surface area contributed by atoms with Gasteiger partial charge in [0.25, 0.3) is 0 Å². The van der Waals surface area contributed by atoms with Gasteiger partial charge in [0.15, 0.2) is 17.3 Å². The second-order valence-electron chi connectivity index (χ2n) is 7.16. The molecule has 0 radical (unpaired) electrons. The first kappa shape index (κ1) is 20.8. The van der Waals surface area contributed by atoms with Crippen molar-refractivity contribution in [1.29, 1.82) is 0 Å². The third kappa shape index (κ3) is 5.12. The van der Waals surface area contributed by atoms with Crippen molar-refractivity contribution in [2.75, 3.05) is 13.7 Å². The van der Waals surface area contributed by atoms with Gasteiger partial charge in [0, 0.05) is 5.56 Å². The van der Waals surface area contributed by atoms with Crippen LogP contribution in [0.3, 0.4) is 0 Å². The molecule has 3 aromatic rings. The summed E-state index contributed by atoms with van der Waals surface area (Å²) in [5.41, 5.74) is 2.95. The van der Waals surface area contributed by atoms with Crippen LogP contribution in [0.2, 0.25) is 0 Å². The summed E-state index contributed by atoms with van der Waals surface area (Å²) in [5.74, 6) is 2.66. The Morgan fingerprint density at radius 1 is 1.21 bits per heavy atom. The van der Waals surface area contributed by atoms with E-state index in [2.05, 4.69) is 29.1 Å². The minimum Gasteiger partial charge on any atom is -0.493 e. The lowest BCUT2D eigenvalue weighted by molar-refractivity contribution is 0.273. The van der Waals surface area contributed by atoms with E-state index >= 15 is 0 Å². The van der Waals surface area contributed by atoms with Crippen LogP contribution in [-0.4, -0.2) is 34.8 Å². The summed E-state index contributed by atoms with van der Waals surface area (Å²) in [6.45, 7) is 7.04. The number of methoxy groups -OCH3 is 1. The van der Waals surface area contributed by atoms with Crippen LogP contribution >= 0.6 is 12.2 Å². The summed E-state index contributed by atoms with van der Waals surface area (Å²) in [4.78, 5) is 0. The molecular formula is C22H26N4O2S. The minimum atomic E-state index is 0.431. The molecule has 29 heavy (non-hydrogen) atoms. The molecule has 0 bridgehead atoms. The summed E-state index contributed by atoms with van der Waals surface area (Å²) in [6, 6.07) is 13.7. The van der Waals surface area contributed by atoms with Crippen molar-refractivity contribution < 1.29 is 9.47 Å². The van der Waals surface area contributed by atoms with E-state index in [0.29, 0.717) is 28.9 Å². The molecule has 6 nitrogen and oxygen atoms in total. The quantitative estimate of drug-likeness (QED) is 0.408. The monoisotopic (exact) mass is 410 g/mol. The molecule has 0 aliphatic heterocycles. The van der Waals surface area contributed by atoms with Crippen LogP contribution in [0.25, 0.3) is 11.4 Å². The van der Waals surface area contributed by atoms with Crippen LogP contribution in [0.1, 0.15) is 31.4 Å². The fourth-order valence-corrected chi connectivity index (χ4v) is 2.99. The van der Waals surface area contributed by atoms with Gasteiger partial charge in [-0.05, 0) is 60.8 Å². The zero-order valence-corrected chi connectivity index (χ0v) is 18.0. The van der Waals surface area contributed by atoms with E-state index in [4.69, 9.17) is 21.7 Å². The van der Waals surface area contributed by atoms with Gasteiger partial charge in [-0.25, -0.2) is 5.10 Å². The largest absolute Gasteiger partial charge is 0.493 e. The minimum absolute atomic E-state index is 0.431. The molecule has 0 aliphatic carbocycles. The first-order valence-corrected chi connectivity index (χ1v) is 9.99. The Balaban J connectivity index is 1.85. The molecule has 0 fully saturated rings. The maximum absolute atomic E-state index is 5.85. The normalized spacial score (nSPS) is 11.3. The molecule has 0 atom stereocenters. The number of H-pyrrole nitrogens is 1. The number of ether oxygens (including phenoxy) is 2. The number of nitrogens with zero attached hydrogens (tertiary/aromatic N) is 3. The summed E-state index contributed by atoms with van der Waals surface area (Å²) >= 11 is 5.36. The highest BCUT2D eigenvalue weighted by atomic mass is 32.1. The van der Waals surface area contributed by atoms with Crippen LogP contribution in [0, 0.1) is 17.6 Å². The molecule has 7 heteroatoms. The van der Waals surface area contributed by atoms with Crippen molar-refractivity contribution in [1.82, 2.24) is 14.9 Å². The van der Waals surface area contributed by atoms with E-state index in [-0.39, 0.29) is 0 Å². The van der Waals surface area contributed by atoms with E-state index < -0.39 is 0 Å². The van der Waals surface area contributed by atoms with E-state index in [9.17, 15) is 0 Å². The summed E-state index contributed by atoms with van der Waals surface area (Å²) in [7, 11) is 1.63. The smallest absolute Gasteiger partial charge is 0.216 e. The fraction of sp³-hybridized carbons (Fsp3) is 0.318. The Morgan fingerprint density at radius 3 is 2.72 bits per heavy atom. The van der Waals surface area contributed by atoms with Gasteiger partial charge in [-0.15, -0.1) is 0 Å². The standard InChI is InChI=1S/C22H26N4O2S/c1-15(2)11-12-28-19-10-9-17(13-20(19)27-4)14-23-26-21(24-25-22(26)29)18-8-6-5-7-16(18)3/h5-10,13-15H,11-12H2,1-4H3,(H,25,29)/b23-14-. The Hall–Kier alpha value is -2.93. The highest BCUT2D eigenvalue weighted by molar-refractivity contribution is 7.71. The van der Waals surface area contributed by atoms with E-state index in [1.807, 2.05) is 49.4 Å². The lowest BCUT2D eigenvalue weighted by Gasteiger charge is -2.12. The van der Waals surface area contributed by atoms with Crippen molar-refractivity contribution in [3.63, 3.8) is 0 Å².